The van der Waals surface area contributed by atoms with Gasteiger partial charge in [-0.2, -0.15) is 13.2 Å². The van der Waals surface area contributed by atoms with Crippen molar-refractivity contribution in [3.05, 3.63) is 60.2 Å². The topological polar surface area (TPSA) is 46.2 Å². The maximum Gasteiger partial charge on any atom is 0.417 e. The highest BCUT2D eigenvalue weighted by Gasteiger charge is 2.36. The van der Waals surface area contributed by atoms with Gasteiger partial charge < -0.3 is 0 Å². The van der Waals surface area contributed by atoms with E-state index in [0.29, 0.717) is 0 Å². The third-order valence-electron chi connectivity index (χ3n) is 2.51. The molecule has 0 heterocycles. The molecular formula is C13H10F3NO2S. The lowest BCUT2D eigenvalue weighted by atomic mass is 10.2. The fraction of sp³-hybridized carbons (Fsp3) is 0.0769. The van der Waals surface area contributed by atoms with Gasteiger partial charge in [-0.25, -0.2) is 8.42 Å². The van der Waals surface area contributed by atoms with Gasteiger partial charge in [-0.15, -0.1) is 0 Å². The summed E-state index contributed by atoms with van der Waals surface area (Å²) in [4.78, 5) is -0.795. The number of rotatable bonds is 3. The smallest absolute Gasteiger partial charge is 0.280 e. The molecule has 7 heteroatoms. The first-order valence-corrected chi connectivity index (χ1v) is 7.03. The number of hydrogen-bond donors (Lipinski definition) is 1. The highest BCUT2D eigenvalue weighted by Crippen LogP contribution is 2.34. The number of nitrogens with one attached hydrogen (secondary N) is 1. The summed E-state index contributed by atoms with van der Waals surface area (Å²) in [7, 11) is -4.30. The van der Waals surface area contributed by atoms with Gasteiger partial charge in [0.1, 0.15) is 0 Å². The molecule has 0 atom stereocenters. The van der Waals surface area contributed by atoms with Crippen LogP contribution in [0, 0.1) is 0 Å². The first-order chi connectivity index (χ1) is 9.31. The Balaban J connectivity index is 2.46. The average molecular weight is 301 g/mol. The fourth-order valence-corrected chi connectivity index (χ4v) is 2.94. The predicted octanol–water partition coefficient (Wildman–Crippen LogP) is 3.51. The van der Waals surface area contributed by atoms with Crippen LogP contribution in [0.2, 0.25) is 0 Å². The van der Waals surface area contributed by atoms with Gasteiger partial charge in [0.2, 0.25) is 0 Å². The first kappa shape index (κ1) is 14.4. The van der Waals surface area contributed by atoms with Crippen LogP contribution in [0.1, 0.15) is 5.56 Å². The molecule has 2 aromatic rings. The zero-order valence-electron chi connectivity index (χ0n) is 10.1. The number of hydrogen-bond acceptors (Lipinski definition) is 2. The van der Waals surface area contributed by atoms with Crippen LogP contribution in [0.3, 0.4) is 0 Å². The number of para-hydroxylation sites is 1. The number of benzene rings is 2. The van der Waals surface area contributed by atoms with E-state index in [-0.39, 0.29) is 5.69 Å². The fourth-order valence-electron chi connectivity index (χ4n) is 1.65. The summed E-state index contributed by atoms with van der Waals surface area (Å²) in [6.45, 7) is 0. The SMILES string of the molecule is O=S(=O)(Nc1ccccc1)c1ccccc1C(F)(F)F. The average Bonchev–Trinajstić information content (AvgIpc) is 2.38. The summed E-state index contributed by atoms with van der Waals surface area (Å²) in [6, 6.07) is 11.8. The second-order valence-electron chi connectivity index (χ2n) is 3.97. The molecule has 106 valence electrons. The Hall–Kier alpha value is -2.02. The molecule has 2 rings (SSSR count). The number of halogens is 3. The Morgan fingerprint density at radius 3 is 2.00 bits per heavy atom. The van der Waals surface area contributed by atoms with Crippen LogP contribution in [0.25, 0.3) is 0 Å². The molecule has 0 spiro atoms. The lowest BCUT2D eigenvalue weighted by molar-refractivity contribution is -0.139. The van der Waals surface area contributed by atoms with Gasteiger partial charge in [-0.05, 0) is 24.3 Å². The molecule has 0 aromatic heterocycles. The summed E-state index contributed by atoms with van der Waals surface area (Å²) in [5, 5.41) is 0. The minimum Gasteiger partial charge on any atom is -0.280 e. The van der Waals surface area contributed by atoms with Gasteiger partial charge in [0.15, 0.2) is 0 Å². The zero-order valence-corrected chi connectivity index (χ0v) is 10.9. The molecule has 0 aliphatic heterocycles. The second-order valence-corrected chi connectivity index (χ2v) is 5.62. The third-order valence-corrected chi connectivity index (χ3v) is 3.95. The van der Waals surface area contributed by atoms with Crippen molar-refractivity contribution in [3.63, 3.8) is 0 Å². The van der Waals surface area contributed by atoms with Crippen molar-refractivity contribution in [1.82, 2.24) is 0 Å². The van der Waals surface area contributed by atoms with Crippen LogP contribution in [-0.2, 0) is 16.2 Å². The number of anilines is 1. The Morgan fingerprint density at radius 1 is 0.850 bits per heavy atom. The van der Waals surface area contributed by atoms with Crippen molar-refractivity contribution in [2.75, 3.05) is 4.72 Å². The predicted molar refractivity (Wildman–Crippen MR) is 68.7 cm³/mol. The minimum absolute atomic E-state index is 0.199. The van der Waals surface area contributed by atoms with Gasteiger partial charge >= 0.3 is 6.18 Å². The molecule has 0 amide bonds. The summed E-state index contributed by atoms with van der Waals surface area (Å²) in [5.41, 5.74) is -0.993. The Bertz CT molecular complexity index is 697. The van der Waals surface area contributed by atoms with Gasteiger partial charge in [-0.3, -0.25) is 4.72 Å². The van der Waals surface area contributed by atoms with Crippen molar-refractivity contribution >= 4 is 15.7 Å². The molecule has 2 aromatic carbocycles. The van der Waals surface area contributed by atoms with E-state index >= 15 is 0 Å². The van der Waals surface area contributed by atoms with Crippen LogP contribution in [0.15, 0.2) is 59.5 Å². The molecule has 0 fully saturated rings. The first-order valence-electron chi connectivity index (χ1n) is 5.55. The molecule has 0 saturated carbocycles. The molecule has 0 aliphatic carbocycles. The molecule has 0 unspecified atom stereocenters. The quantitative estimate of drug-likeness (QED) is 0.943. The summed E-state index contributed by atoms with van der Waals surface area (Å²) < 4.78 is 64.7. The van der Waals surface area contributed by atoms with Crippen LogP contribution in [0.4, 0.5) is 18.9 Å². The van der Waals surface area contributed by atoms with E-state index in [9.17, 15) is 21.6 Å². The summed E-state index contributed by atoms with van der Waals surface area (Å²) in [6.07, 6.45) is -4.73. The van der Waals surface area contributed by atoms with Crippen LogP contribution in [0.5, 0.6) is 0 Å². The van der Waals surface area contributed by atoms with Crippen molar-refractivity contribution in [1.29, 1.82) is 0 Å². The molecule has 0 aliphatic rings. The van der Waals surface area contributed by atoms with E-state index in [4.69, 9.17) is 0 Å². The van der Waals surface area contributed by atoms with E-state index in [0.717, 1.165) is 18.2 Å². The van der Waals surface area contributed by atoms with Crippen molar-refractivity contribution in [2.45, 2.75) is 11.1 Å². The molecule has 0 bridgehead atoms. The molecule has 1 N–H and O–H groups in total. The molecule has 3 nitrogen and oxygen atoms in total. The van der Waals surface area contributed by atoms with E-state index in [1.165, 1.54) is 18.2 Å². The Kier molecular flexibility index (Phi) is 3.71. The summed E-state index contributed by atoms with van der Waals surface area (Å²) in [5.74, 6) is 0. The number of sulfonamides is 1. The lowest BCUT2D eigenvalue weighted by Gasteiger charge is -2.14. The maximum absolute atomic E-state index is 12.8. The van der Waals surface area contributed by atoms with Gasteiger partial charge in [0.25, 0.3) is 10.0 Å². The molecule has 0 saturated heterocycles. The molecule has 20 heavy (non-hydrogen) atoms. The third kappa shape index (κ3) is 3.11. The van der Waals surface area contributed by atoms with Crippen LogP contribution >= 0.6 is 0 Å². The van der Waals surface area contributed by atoms with Gasteiger partial charge in [0, 0.05) is 5.69 Å². The van der Waals surface area contributed by atoms with Gasteiger partial charge in [0.05, 0.1) is 10.5 Å². The Labute approximate surface area is 114 Å². The van der Waals surface area contributed by atoms with Crippen LogP contribution in [-0.4, -0.2) is 8.42 Å². The number of alkyl halides is 3. The normalized spacial score (nSPS) is 12.2. The van der Waals surface area contributed by atoms with Crippen molar-refractivity contribution < 1.29 is 21.6 Å². The zero-order chi connectivity index (χ0) is 14.8. The molecular weight excluding hydrogens is 291 g/mol. The van der Waals surface area contributed by atoms with Crippen molar-refractivity contribution in [3.8, 4) is 0 Å². The minimum atomic E-state index is -4.73. The van der Waals surface area contributed by atoms with E-state index in [1.807, 2.05) is 0 Å². The van der Waals surface area contributed by atoms with Gasteiger partial charge in [-0.1, -0.05) is 30.3 Å². The molecule has 0 radical (unpaired) electrons. The van der Waals surface area contributed by atoms with Crippen LogP contribution < -0.4 is 4.72 Å². The van der Waals surface area contributed by atoms with E-state index < -0.39 is 26.7 Å². The standard InChI is InChI=1S/C13H10F3NO2S/c14-13(15,16)11-8-4-5-9-12(11)20(18,19)17-10-6-2-1-3-7-10/h1-9,17H. The largest absolute Gasteiger partial charge is 0.417 e. The van der Waals surface area contributed by atoms with E-state index in [2.05, 4.69) is 4.72 Å². The summed E-state index contributed by atoms with van der Waals surface area (Å²) >= 11 is 0. The van der Waals surface area contributed by atoms with E-state index in [1.54, 1.807) is 18.2 Å². The lowest BCUT2D eigenvalue weighted by Crippen LogP contribution is -2.18. The second kappa shape index (κ2) is 5.16. The highest BCUT2D eigenvalue weighted by molar-refractivity contribution is 7.92. The Morgan fingerprint density at radius 2 is 1.40 bits per heavy atom. The monoisotopic (exact) mass is 301 g/mol. The highest BCUT2D eigenvalue weighted by atomic mass is 32.2. The van der Waals surface area contributed by atoms with Crippen molar-refractivity contribution in [2.24, 2.45) is 0 Å². The maximum atomic E-state index is 12.8.